The largest absolute Gasteiger partial charge is 0.340 e. The van der Waals surface area contributed by atoms with E-state index >= 15 is 0 Å². The van der Waals surface area contributed by atoms with Crippen molar-refractivity contribution >= 4 is 30.7 Å². The van der Waals surface area contributed by atoms with Gasteiger partial charge in [-0.3, -0.25) is 14.6 Å². The maximum absolute atomic E-state index is 12.8. The van der Waals surface area contributed by atoms with Gasteiger partial charge in [0.25, 0.3) is 0 Å². The highest BCUT2D eigenvalue weighted by molar-refractivity contribution is 5.85. The van der Waals surface area contributed by atoms with Gasteiger partial charge in [0, 0.05) is 45.3 Å². The normalized spacial score (nSPS) is 27.7. The molecule has 3 rings (SSSR count). The molecule has 2 atom stereocenters. The first-order valence-corrected chi connectivity index (χ1v) is 9.23. The summed E-state index contributed by atoms with van der Waals surface area (Å²) < 4.78 is 0. The Kier molecular flexibility index (Phi) is 9.90. The van der Waals surface area contributed by atoms with Crippen molar-refractivity contribution in [3.8, 4) is 0 Å². The van der Waals surface area contributed by atoms with Crippen LogP contribution in [0.25, 0.3) is 0 Å². The Morgan fingerprint density at radius 1 is 0.958 bits per heavy atom. The van der Waals surface area contributed by atoms with E-state index in [4.69, 9.17) is 0 Å². The first-order valence-electron chi connectivity index (χ1n) is 9.23. The van der Waals surface area contributed by atoms with Crippen molar-refractivity contribution in [2.24, 2.45) is 0 Å². The molecule has 24 heavy (non-hydrogen) atoms. The van der Waals surface area contributed by atoms with Crippen LogP contribution in [-0.4, -0.2) is 85.0 Å². The molecule has 3 fully saturated rings. The van der Waals surface area contributed by atoms with Gasteiger partial charge in [0.1, 0.15) is 0 Å². The molecule has 3 heterocycles. The number of carbonyl (C=O) groups is 1. The van der Waals surface area contributed by atoms with Crippen LogP contribution in [0.2, 0.25) is 0 Å². The third-order valence-electron chi connectivity index (χ3n) is 5.69. The van der Waals surface area contributed by atoms with Gasteiger partial charge >= 0.3 is 0 Å². The topological polar surface area (TPSA) is 38.8 Å². The van der Waals surface area contributed by atoms with Crippen molar-refractivity contribution < 1.29 is 4.79 Å². The predicted molar refractivity (Wildman–Crippen MR) is 103 cm³/mol. The smallest absolute Gasteiger partial charge is 0.239 e. The second kappa shape index (κ2) is 10.8. The lowest BCUT2D eigenvalue weighted by Crippen LogP contribution is -2.51. The van der Waals surface area contributed by atoms with Crippen molar-refractivity contribution in [1.82, 2.24) is 20.0 Å². The van der Waals surface area contributed by atoms with Gasteiger partial charge in [-0.25, -0.2) is 0 Å². The molecule has 142 valence electrons. The average Bonchev–Trinajstić information content (AvgIpc) is 2.90. The van der Waals surface area contributed by atoms with Gasteiger partial charge in [-0.1, -0.05) is 12.8 Å². The van der Waals surface area contributed by atoms with E-state index in [9.17, 15) is 4.79 Å². The molecule has 0 spiro atoms. The van der Waals surface area contributed by atoms with Gasteiger partial charge in [-0.05, 0) is 39.3 Å². The summed E-state index contributed by atoms with van der Waals surface area (Å²) in [6.07, 6.45) is 6.30. The maximum Gasteiger partial charge on any atom is 0.239 e. The quantitative estimate of drug-likeness (QED) is 0.806. The highest BCUT2D eigenvalue weighted by Crippen LogP contribution is 2.19. The fraction of sp³-hybridized carbons (Fsp3) is 0.941. The molecule has 0 bridgehead atoms. The van der Waals surface area contributed by atoms with Crippen LogP contribution < -0.4 is 5.32 Å². The molecule has 0 radical (unpaired) electrons. The molecule has 7 heteroatoms. The number of likely N-dealkylation sites (tertiary alicyclic amines) is 2. The minimum absolute atomic E-state index is 0. The lowest BCUT2D eigenvalue weighted by atomic mass is 10.2. The maximum atomic E-state index is 12.8. The molecular weight excluding hydrogens is 347 g/mol. The number of carbonyl (C=O) groups excluding carboxylic acids is 1. The standard InChI is InChI=1S/C17H32N4O.2ClH/c1-15(19-9-4-2-3-5-10-19)17(22)21-11-6-16(14-21)20-12-7-18-8-13-20;;/h15-16,18H,2-14H2,1H3;2*1H. The van der Waals surface area contributed by atoms with E-state index in [0.29, 0.717) is 11.9 Å². The summed E-state index contributed by atoms with van der Waals surface area (Å²) in [4.78, 5) is 19.9. The van der Waals surface area contributed by atoms with Crippen molar-refractivity contribution in [2.75, 3.05) is 52.4 Å². The zero-order valence-electron chi connectivity index (χ0n) is 14.9. The number of amides is 1. The highest BCUT2D eigenvalue weighted by Gasteiger charge is 2.34. The Balaban J connectivity index is 0.00000144. The minimum Gasteiger partial charge on any atom is -0.340 e. The molecule has 0 aromatic carbocycles. The third kappa shape index (κ3) is 5.46. The summed E-state index contributed by atoms with van der Waals surface area (Å²) in [5.74, 6) is 0.361. The van der Waals surface area contributed by atoms with Crippen LogP contribution >= 0.6 is 24.8 Å². The fourth-order valence-corrected chi connectivity index (χ4v) is 4.19. The summed E-state index contributed by atoms with van der Waals surface area (Å²) in [5.41, 5.74) is 0. The highest BCUT2D eigenvalue weighted by atomic mass is 35.5. The molecule has 1 amide bonds. The molecule has 0 aromatic rings. The van der Waals surface area contributed by atoms with E-state index in [1.165, 1.54) is 25.7 Å². The first kappa shape index (κ1) is 22.0. The molecule has 0 saturated carbocycles. The molecule has 3 saturated heterocycles. The molecule has 2 unspecified atom stereocenters. The van der Waals surface area contributed by atoms with E-state index in [1.54, 1.807) is 0 Å². The summed E-state index contributed by atoms with van der Waals surface area (Å²) in [6, 6.07) is 0.655. The first-order chi connectivity index (χ1) is 10.8. The lowest BCUT2D eigenvalue weighted by molar-refractivity contribution is -0.135. The van der Waals surface area contributed by atoms with Gasteiger partial charge < -0.3 is 10.2 Å². The monoisotopic (exact) mass is 380 g/mol. The summed E-state index contributed by atoms with van der Waals surface area (Å²) >= 11 is 0. The number of piperazine rings is 1. The number of hydrogen-bond acceptors (Lipinski definition) is 4. The Hall–Kier alpha value is -0.0700. The molecule has 1 N–H and O–H groups in total. The summed E-state index contributed by atoms with van der Waals surface area (Å²) in [7, 11) is 0. The van der Waals surface area contributed by atoms with Gasteiger partial charge in [-0.2, -0.15) is 0 Å². The minimum atomic E-state index is 0. The number of nitrogens with one attached hydrogen (secondary N) is 1. The fourth-order valence-electron chi connectivity index (χ4n) is 4.19. The van der Waals surface area contributed by atoms with Gasteiger partial charge in [0.2, 0.25) is 5.91 Å². The Bertz CT molecular complexity index is 372. The number of hydrogen-bond donors (Lipinski definition) is 1. The number of nitrogens with zero attached hydrogens (tertiary/aromatic N) is 3. The number of rotatable bonds is 3. The van der Waals surface area contributed by atoms with E-state index in [0.717, 1.165) is 58.8 Å². The summed E-state index contributed by atoms with van der Waals surface area (Å²) in [5, 5.41) is 3.41. The molecule has 5 nitrogen and oxygen atoms in total. The van der Waals surface area contributed by atoms with Crippen LogP contribution in [0, 0.1) is 0 Å². The van der Waals surface area contributed by atoms with Crippen LogP contribution in [-0.2, 0) is 4.79 Å². The van der Waals surface area contributed by atoms with Gasteiger partial charge in [0.15, 0.2) is 0 Å². The van der Waals surface area contributed by atoms with Crippen LogP contribution in [0.4, 0.5) is 0 Å². The van der Waals surface area contributed by atoms with E-state index in [1.807, 2.05) is 0 Å². The predicted octanol–water partition coefficient (Wildman–Crippen LogP) is 1.60. The Labute approximate surface area is 159 Å². The zero-order valence-corrected chi connectivity index (χ0v) is 16.5. The van der Waals surface area contributed by atoms with Crippen molar-refractivity contribution in [3.63, 3.8) is 0 Å². The van der Waals surface area contributed by atoms with Crippen LogP contribution in [0.3, 0.4) is 0 Å². The van der Waals surface area contributed by atoms with E-state index < -0.39 is 0 Å². The second-order valence-corrected chi connectivity index (χ2v) is 7.14. The molecule has 0 aromatic heterocycles. The lowest BCUT2D eigenvalue weighted by Gasteiger charge is -2.33. The SMILES string of the molecule is CC(C(=O)N1CCC(N2CCNCC2)C1)N1CCCCCC1.Cl.Cl. The Morgan fingerprint density at radius 3 is 2.21 bits per heavy atom. The van der Waals surface area contributed by atoms with E-state index in [2.05, 4.69) is 26.9 Å². The average molecular weight is 381 g/mol. The molecular formula is C17H34Cl2N4O. The molecule has 0 aliphatic carbocycles. The van der Waals surface area contributed by atoms with Gasteiger partial charge in [0.05, 0.1) is 6.04 Å². The van der Waals surface area contributed by atoms with Crippen LogP contribution in [0.15, 0.2) is 0 Å². The third-order valence-corrected chi connectivity index (χ3v) is 5.69. The molecule has 3 aliphatic heterocycles. The number of halogens is 2. The van der Waals surface area contributed by atoms with Crippen LogP contribution in [0.1, 0.15) is 39.0 Å². The Morgan fingerprint density at radius 2 is 1.58 bits per heavy atom. The van der Waals surface area contributed by atoms with Crippen LogP contribution in [0.5, 0.6) is 0 Å². The van der Waals surface area contributed by atoms with E-state index in [-0.39, 0.29) is 30.9 Å². The zero-order chi connectivity index (χ0) is 15.4. The molecule has 3 aliphatic rings. The second-order valence-electron chi connectivity index (χ2n) is 7.14. The van der Waals surface area contributed by atoms with Crippen molar-refractivity contribution in [1.29, 1.82) is 0 Å². The summed E-state index contributed by atoms with van der Waals surface area (Å²) in [6.45, 7) is 10.7. The van der Waals surface area contributed by atoms with Gasteiger partial charge in [-0.15, -0.1) is 24.8 Å². The van der Waals surface area contributed by atoms with Crippen molar-refractivity contribution in [2.45, 2.75) is 51.1 Å². The van der Waals surface area contributed by atoms with Crippen molar-refractivity contribution in [3.05, 3.63) is 0 Å².